The molecule has 1 amide bonds. The average molecular weight is 676 g/mol. The lowest BCUT2D eigenvalue weighted by Gasteiger charge is -2.44. The van der Waals surface area contributed by atoms with E-state index < -0.39 is 11.6 Å². The first-order valence-electron chi connectivity index (χ1n) is 15.1. The summed E-state index contributed by atoms with van der Waals surface area (Å²) >= 11 is 7.84. The second-order valence-electron chi connectivity index (χ2n) is 12.4. The van der Waals surface area contributed by atoms with E-state index in [9.17, 15) is 14.4 Å². The zero-order chi connectivity index (χ0) is 32.7. The molecular weight excluding hydrogens is 648 g/mol. The molecule has 0 aliphatic carbocycles. The molecule has 0 radical (unpaired) electrons. The Labute approximate surface area is 276 Å². The molecule has 3 saturated heterocycles. The lowest BCUT2D eigenvalue weighted by molar-refractivity contribution is 0.160. The van der Waals surface area contributed by atoms with Gasteiger partial charge >= 0.3 is 6.03 Å². The molecule has 8 rings (SSSR count). The molecule has 2 aromatic carbocycles. The fourth-order valence-electron chi connectivity index (χ4n) is 6.93. The topological polar surface area (TPSA) is 136 Å². The zero-order valence-corrected chi connectivity index (χ0v) is 26.9. The van der Waals surface area contributed by atoms with Crippen LogP contribution in [0.5, 0.6) is 0 Å². The highest BCUT2D eigenvalue weighted by Gasteiger charge is 2.44. The van der Waals surface area contributed by atoms with Crippen molar-refractivity contribution < 1.29 is 13.6 Å². The SMILES string of the molecule is CN(C)C1CN(c2nc(N3CC4CCC(C3)N4C(=O)n3cc(C#N)cn3)c3cc(Cl)c(-c4ccc(F)c5sc(N)nc45)c(F)c3n2)C1. The summed E-state index contributed by atoms with van der Waals surface area (Å²) in [5.74, 6) is -0.236. The molecule has 3 aromatic heterocycles. The Bertz CT molecular complexity index is 2130. The number of halogens is 3. The molecule has 2 unspecified atom stereocenters. The Morgan fingerprint density at radius 1 is 1.09 bits per heavy atom. The molecule has 3 aliphatic rings. The first-order valence-corrected chi connectivity index (χ1v) is 16.3. The van der Waals surface area contributed by atoms with Gasteiger partial charge in [-0.3, -0.25) is 0 Å². The number of nitrogens with two attached hydrogens (primary N) is 1. The van der Waals surface area contributed by atoms with Crippen LogP contribution in [-0.4, -0.2) is 99.0 Å². The lowest BCUT2D eigenvalue weighted by atomic mass is 10.0. The van der Waals surface area contributed by atoms with Gasteiger partial charge in [0.2, 0.25) is 5.95 Å². The second kappa shape index (κ2) is 11.0. The highest BCUT2D eigenvalue weighted by atomic mass is 35.5. The van der Waals surface area contributed by atoms with Gasteiger partial charge in [-0.15, -0.1) is 0 Å². The van der Waals surface area contributed by atoms with E-state index in [1.807, 2.05) is 30.0 Å². The summed E-state index contributed by atoms with van der Waals surface area (Å²) in [5, 5.41) is 14.0. The molecule has 16 heteroatoms. The molecule has 12 nitrogen and oxygen atoms in total. The Morgan fingerprint density at radius 3 is 2.51 bits per heavy atom. The number of anilines is 3. The summed E-state index contributed by atoms with van der Waals surface area (Å²) in [6, 6.07) is 6.12. The van der Waals surface area contributed by atoms with Gasteiger partial charge in [0.1, 0.15) is 23.2 Å². The average Bonchev–Trinajstić information content (AvgIpc) is 3.73. The lowest BCUT2D eigenvalue weighted by Crippen LogP contribution is -2.58. The number of nitrogen functional groups attached to an aromatic ring is 1. The van der Waals surface area contributed by atoms with Gasteiger partial charge in [-0.05, 0) is 45.1 Å². The Morgan fingerprint density at radius 2 is 1.83 bits per heavy atom. The second-order valence-corrected chi connectivity index (χ2v) is 13.8. The number of amides is 1. The van der Waals surface area contributed by atoms with Crippen molar-refractivity contribution in [2.24, 2.45) is 0 Å². The van der Waals surface area contributed by atoms with Crippen LogP contribution in [0.15, 0.2) is 30.6 Å². The third-order valence-corrected chi connectivity index (χ3v) is 10.6. The summed E-state index contributed by atoms with van der Waals surface area (Å²) in [6.07, 6.45) is 4.36. The number of carbonyl (C=O) groups is 1. The molecule has 6 heterocycles. The summed E-state index contributed by atoms with van der Waals surface area (Å²) < 4.78 is 32.9. The van der Waals surface area contributed by atoms with Crippen LogP contribution in [0.25, 0.3) is 32.2 Å². The van der Waals surface area contributed by atoms with Crippen molar-refractivity contribution in [3.8, 4) is 17.2 Å². The van der Waals surface area contributed by atoms with Crippen molar-refractivity contribution in [3.05, 3.63) is 52.8 Å². The van der Waals surface area contributed by atoms with Crippen LogP contribution in [-0.2, 0) is 0 Å². The molecule has 2 N–H and O–H groups in total. The van der Waals surface area contributed by atoms with Crippen molar-refractivity contribution in [3.63, 3.8) is 0 Å². The highest BCUT2D eigenvalue weighted by molar-refractivity contribution is 7.22. The minimum absolute atomic E-state index is 0.0614. The molecule has 5 aromatic rings. The molecule has 2 atom stereocenters. The van der Waals surface area contributed by atoms with Crippen LogP contribution < -0.4 is 15.5 Å². The number of carbonyl (C=O) groups excluding carboxylic acids is 1. The molecule has 0 spiro atoms. The highest BCUT2D eigenvalue weighted by Crippen LogP contribution is 2.44. The number of rotatable bonds is 4. The van der Waals surface area contributed by atoms with Crippen molar-refractivity contribution >= 4 is 67.0 Å². The molecule has 3 aliphatic heterocycles. The van der Waals surface area contributed by atoms with Gasteiger partial charge in [0.05, 0.1) is 45.3 Å². The van der Waals surface area contributed by atoms with Crippen molar-refractivity contribution in [1.82, 2.24) is 34.5 Å². The Hall–Kier alpha value is -4.65. The van der Waals surface area contributed by atoms with E-state index in [-0.39, 0.29) is 49.6 Å². The molecule has 0 saturated carbocycles. The third-order valence-electron chi connectivity index (χ3n) is 9.42. The van der Waals surface area contributed by atoms with E-state index in [0.29, 0.717) is 60.5 Å². The largest absolute Gasteiger partial charge is 0.375 e. The van der Waals surface area contributed by atoms with Crippen LogP contribution in [0.3, 0.4) is 0 Å². The summed E-state index contributed by atoms with van der Waals surface area (Å²) in [4.78, 5) is 35.5. The van der Waals surface area contributed by atoms with Gasteiger partial charge in [-0.2, -0.15) is 20.0 Å². The van der Waals surface area contributed by atoms with Gasteiger partial charge < -0.3 is 25.3 Å². The standard InChI is InChI=1S/C31H28ClF2N11OS/c1-41(2)18-13-43(14-18)30-39-25-20(7-21(32)23(24(25)34)19-5-6-22(33)27-26(19)38-29(36)47-27)28(40-30)42-11-16-3-4-17(12-42)45(16)31(46)44-10-15(8-35)9-37-44/h5-7,9-10,16-18H,3-4,11-14H2,1-2H3,(H2,36,38). The molecule has 2 bridgehead atoms. The minimum atomic E-state index is -0.662. The maximum atomic E-state index is 16.9. The predicted molar refractivity (Wildman–Crippen MR) is 176 cm³/mol. The van der Waals surface area contributed by atoms with Crippen LogP contribution in [0.1, 0.15) is 18.4 Å². The number of hydrogen-bond acceptors (Lipinski definition) is 11. The minimum Gasteiger partial charge on any atom is -0.375 e. The maximum Gasteiger partial charge on any atom is 0.345 e. The molecule has 240 valence electrons. The van der Waals surface area contributed by atoms with Gasteiger partial charge in [0, 0.05) is 48.7 Å². The third kappa shape index (κ3) is 4.73. The number of benzene rings is 2. The van der Waals surface area contributed by atoms with Crippen LogP contribution in [0.4, 0.5) is 30.5 Å². The summed E-state index contributed by atoms with van der Waals surface area (Å²) in [6.45, 7) is 2.27. The zero-order valence-electron chi connectivity index (χ0n) is 25.4. The predicted octanol–water partition coefficient (Wildman–Crippen LogP) is 4.56. The number of thiazole rings is 1. The number of nitriles is 1. The van der Waals surface area contributed by atoms with Gasteiger partial charge in [-0.1, -0.05) is 22.9 Å². The van der Waals surface area contributed by atoms with Crippen molar-refractivity contribution in [2.45, 2.75) is 31.0 Å². The first kappa shape index (κ1) is 29.7. The summed E-state index contributed by atoms with van der Waals surface area (Å²) in [5.41, 5.74) is 6.93. The number of likely N-dealkylation sites (N-methyl/N-ethyl adjacent to an activating group) is 1. The van der Waals surface area contributed by atoms with E-state index >= 15 is 4.39 Å². The Kier molecular flexibility index (Phi) is 6.94. The molecule has 3 fully saturated rings. The fraction of sp³-hybridized carbons (Fsp3) is 0.355. The van der Waals surface area contributed by atoms with E-state index in [0.717, 1.165) is 24.2 Å². The van der Waals surface area contributed by atoms with Crippen molar-refractivity contribution in [1.29, 1.82) is 5.26 Å². The van der Waals surface area contributed by atoms with E-state index in [4.69, 9.17) is 27.3 Å². The van der Waals surface area contributed by atoms with E-state index in [1.165, 1.54) is 29.2 Å². The number of fused-ring (bicyclic) bond motifs is 4. The smallest absolute Gasteiger partial charge is 0.345 e. The monoisotopic (exact) mass is 675 g/mol. The number of aromatic nitrogens is 5. The first-order chi connectivity index (χ1) is 22.6. The maximum absolute atomic E-state index is 16.9. The van der Waals surface area contributed by atoms with E-state index in [1.54, 1.807) is 6.07 Å². The normalized spacial score (nSPS) is 19.6. The molecule has 47 heavy (non-hydrogen) atoms. The number of nitrogens with zero attached hydrogens (tertiary/aromatic N) is 10. The van der Waals surface area contributed by atoms with Crippen LogP contribution in [0.2, 0.25) is 5.02 Å². The summed E-state index contributed by atoms with van der Waals surface area (Å²) in [7, 11) is 4.02. The fourth-order valence-corrected chi connectivity index (χ4v) is 7.99. The van der Waals surface area contributed by atoms with Crippen molar-refractivity contribution in [2.75, 3.05) is 55.8 Å². The van der Waals surface area contributed by atoms with Gasteiger partial charge in [-0.25, -0.2) is 23.5 Å². The number of hydrogen-bond donors (Lipinski definition) is 1. The molecular formula is C31H28ClF2N11OS. The van der Waals surface area contributed by atoms with Crippen LogP contribution in [0, 0.1) is 23.0 Å². The Balaban J connectivity index is 1.23. The van der Waals surface area contributed by atoms with Gasteiger partial charge in [0.25, 0.3) is 0 Å². The quantitative estimate of drug-likeness (QED) is 0.289. The van der Waals surface area contributed by atoms with Gasteiger partial charge in [0.15, 0.2) is 10.9 Å². The number of piperazine rings is 1. The van der Waals surface area contributed by atoms with E-state index in [2.05, 4.69) is 19.9 Å². The van der Waals surface area contributed by atoms with Crippen LogP contribution >= 0.6 is 22.9 Å².